The highest BCUT2D eigenvalue weighted by Gasteiger charge is 2.55. The van der Waals surface area contributed by atoms with Gasteiger partial charge in [0.15, 0.2) is 21.7 Å². The number of rotatable bonds is 10. The lowest BCUT2D eigenvalue weighted by Gasteiger charge is -2.43. The maximum Gasteiger partial charge on any atom is 0.156 e. The Kier molecular flexibility index (Phi) is 14.8. The van der Waals surface area contributed by atoms with Crippen LogP contribution in [0.1, 0.15) is 27.8 Å². The van der Waals surface area contributed by atoms with Gasteiger partial charge in [-0.3, -0.25) is 0 Å². The molecule has 0 saturated carbocycles. The van der Waals surface area contributed by atoms with E-state index in [0.29, 0.717) is 51.2 Å². The highest BCUT2D eigenvalue weighted by molar-refractivity contribution is 6.63. The van der Waals surface area contributed by atoms with Crippen molar-refractivity contribution in [2.24, 2.45) is 0 Å². The SMILES string of the molecule is [SiH3]C(Cl)C(Cl)(Cl)c1cc(C(Cl)(Cl)C([SiH3])Cl)c(C(Cl)(Cl)C([SiH3])Cl)c(C(Cl)(Cl)C([SiH3])Cl)c1C(Cl)(Cl)C([SiH3])Cl. The molecule has 0 radical (unpaired) electrons. The van der Waals surface area contributed by atoms with Crippen LogP contribution in [0.4, 0.5) is 0 Å². The van der Waals surface area contributed by atoms with E-state index in [4.69, 9.17) is 174 Å². The van der Waals surface area contributed by atoms with Gasteiger partial charge in [0, 0.05) is 67.9 Å². The van der Waals surface area contributed by atoms with E-state index in [1.54, 1.807) is 0 Å². The third kappa shape index (κ3) is 7.65. The van der Waals surface area contributed by atoms with Gasteiger partial charge in [-0.25, -0.2) is 0 Å². The third-order valence-electron chi connectivity index (χ3n) is 5.54. The largest absolute Gasteiger partial charge is 0.156 e. The molecule has 0 fully saturated rings. The molecule has 20 heteroatoms. The molecule has 0 spiro atoms. The number of halogens is 15. The Labute approximate surface area is 301 Å². The molecule has 0 saturated heterocycles. The van der Waals surface area contributed by atoms with Crippen LogP contribution in [-0.4, -0.2) is 76.2 Å². The monoisotopic (exact) mass is 878 g/mol. The van der Waals surface area contributed by atoms with E-state index in [1.807, 2.05) is 0 Å². The molecule has 0 nitrogen and oxygen atoms in total. The van der Waals surface area contributed by atoms with Crippen LogP contribution in [0.2, 0.25) is 0 Å². The number of hydrogen-bond donors (Lipinski definition) is 0. The summed E-state index contributed by atoms with van der Waals surface area (Å²) in [4.78, 5) is 0. The number of alkyl halides is 15. The Bertz CT molecular complexity index is 884. The van der Waals surface area contributed by atoms with Gasteiger partial charge in [0.2, 0.25) is 0 Å². The zero-order chi connectivity index (χ0) is 29.0. The fourth-order valence-corrected chi connectivity index (χ4v) is 7.07. The van der Waals surface area contributed by atoms with Gasteiger partial charge in [-0.2, -0.15) is 0 Å². The van der Waals surface area contributed by atoms with Crippen molar-refractivity contribution in [2.45, 2.75) is 46.7 Å². The van der Waals surface area contributed by atoms with E-state index >= 15 is 0 Å². The first-order valence-electron chi connectivity index (χ1n) is 10.1. The zero-order valence-corrected chi connectivity index (χ0v) is 40.5. The first kappa shape index (κ1) is 38.7. The average Bonchev–Trinajstić information content (AvgIpc) is 2.71. The zero-order valence-electron chi connectivity index (χ0n) is 19.1. The van der Waals surface area contributed by atoms with Crippen molar-refractivity contribution in [3.8, 4) is 0 Å². The normalized spacial score (nSPS) is 19.0. The Hall–Kier alpha value is 4.65. The van der Waals surface area contributed by atoms with Crippen molar-refractivity contribution < 1.29 is 0 Å². The molecule has 0 aliphatic rings. The Morgan fingerprint density at radius 2 is 0.583 bits per heavy atom. The average molecular weight is 886 g/mol. The molecule has 1 aromatic rings. The summed E-state index contributed by atoms with van der Waals surface area (Å²) in [6.45, 7) is 0. The summed E-state index contributed by atoms with van der Waals surface area (Å²) < 4.78 is -9.15. The Morgan fingerprint density at radius 1 is 0.389 bits per heavy atom. The van der Waals surface area contributed by atoms with Crippen molar-refractivity contribution in [3.63, 3.8) is 0 Å². The molecule has 210 valence electrons. The molecule has 5 atom stereocenters. The van der Waals surface area contributed by atoms with Gasteiger partial charge in [-0.05, 0) is 17.2 Å². The van der Waals surface area contributed by atoms with Crippen LogP contribution in [0.5, 0.6) is 0 Å². The molecule has 5 unspecified atom stereocenters. The van der Waals surface area contributed by atoms with E-state index < -0.39 is 46.7 Å². The molecule has 0 aliphatic carbocycles. The van der Waals surface area contributed by atoms with Gasteiger partial charge < -0.3 is 0 Å². The summed E-state index contributed by atoms with van der Waals surface area (Å²) in [5, 5.41) is -3.99. The maximum absolute atomic E-state index is 6.98. The van der Waals surface area contributed by atoms with Crippen LogP contribution in [0.25, 0.3) is 0 Å². The molecule has 0 aliphatic heterocycles. The van der Waals surface area contributed by atoms with Gasteiger partial charge in [0.1, 0.15) is 0 Å². The minimum atomic E-state index is -1.90. The van der Waals surface area contributed by atoms with Crippen LogP contribution in [0.3, 0.4) is 0 Å². The molecule has 0 amide bonds. The lowest BCUT2D eigenvalue weighted by atomic mass is 9.84. The molecular weight excluding hydrogens is 864 g/mol. The fraction of sp³-hybridized carbons (Fsp3) is 0.625. The molecule has 36 heavy (non-hydrogen) atoms. The van der Waals surface area contributed by atoms with Gasteiger partial charge in [-0.1, -0.05) is 116 Å². The smallest absolute Gasteiger partial charge is 0.124 e. The van der Waals surface area contributed by atoms with E-state index in [-0.39, 0.29) is 27.8 Å². The summed E-state index contributed by atoms with van der Waals surface area (Å²) >= 11 is 102. The van der Waals surface area contributed by atoms with Gasteiger partial charge in [0.25, 0.3) is 0 Å². The highest BCUT2D eigenvalue weighted by Crippen LogP contribution is 2.61. The summed E-state index contributed by atoms with van der Waals surface area (Å²) in [7, 11) is 1.65. The quantitative estimate of drug-likeness (QED) is 0.241. The van der Waals surface area contributed by atoms with Crippen molar-refractivity contribution >= 4 is 225 Å². The van der Waals surface area contributed by atoms with E-state index in [2.05, 4.69) is 0 Å². The third-order valence-corrected chi connectivity index (χ3v) is 21.5. The molecule has 1 aromatic carbocycles. The van der Waals surface area contributed by atoms with Crippen LogP contribution in [0.15, 0.2) is 6.07 Å². The first-order chi connectivity index (χ1) is 15.8. The van der Waals surface area contributed by atoms with Gasteiger partial charge in [-0.15, -0.1) is 58.0 Å². The molecule has 0 N–H and O–H groups in total. The topological polar surface area (TPSA) is 0 Å². The van der Waals surface area contributed by atoms with Crippen molar-refractivity contribution in [1.82, 2.24) is 0 Å². The van der Waals surface area contributed by atoms with Crippen LogP contribution >= 0.6 is 174 Å². The van der Waals surface area contributed by atoms with Gasteiger partial charge >= 0.3 is 0 Å². The van der Waals surface area contributed by atoms with E-state index in [0.717, 1.165) is 0 Å². The van der Waals surface area contributed by atoms with E-state index in [9.17, 15) is 0 Å². The van der Waals surface area contributed by atoms with Crippen molar-refractivity contribution in [1.29, 1.82) is 0 Å². The Morgan fingerprint density at radius 3 is 0.778 bits per heavy atom. The molecule has 0 aromatic heterocycles. The molecule has 0 heterocycles. The summed E-state index contributed by atoms with van der Waals surface area (Å²) in [5.41, 5.74) is 0.385. The van der Waals surface area contributed by atoms with Crippen LogP contribution < -0.4 is 0 Å². The lowest BCUT2D eigenvalue weighted by Crippen LogP contribution is -2.42. The minimum Gasteiger partial charge on any atom is -0.124 e. The van der Waals surface area contributed by atoms with Gasteiger partial charge in [0.05, 0.1) is 25.0 Å². The number of hydrogen-bond acceptors (Lipinski definition) is 0. The van der Waals surface area contributed by atoms with Crippen LogP contribution in [0, 0.1) is 0 Å². The standard InChI is InChI=1S/C16H21Cl15Si5/c17-7(32)12(22,23)2-1-3(13(24,25)8(18)33)5(15(28,29)10(20)35)6(16(30,31)11(21)36)4(2)14(26,27)9(19)34/h1,7-11H,32-36H3. The lowest BCUT2D eigenvalue weighted by molar-refractivity contribution is 0.747. The second-order valence-electron chi connectivity index (χ2n) is 8.29. The molecule has 0 bridgehead atoms. The summed E-state index contributed by atoms with van der Waals surface area (Å²) in [6.07, 6.45) is 0. The minimum absolute atomic E-state index is 0.0145. The second-order valence-corrected chi connectivity index (χ2v) is 27.9. The van der Waals surface area contributed by atoms with Crippen LogP contribution in [-0.2, 0) is 21.7 Å². The molecular formula is C16H21Cl15Si5. The maximum atomic E-state index is 6.98. The summed E-state index contributed by atoms with van der Waals surface area (Å²) in [6, 6.07) is 1.48. The van der Waals surface area contributed by atoms with Crippen molar-refractivity contribution in [3.05, 3.63) is 33.9 Å². The van der Waals surface area contributed by atoms with Crippen molar-refractivity contribution in [2.75, 3.05) is 0 Å². The van der Waals surface area contributed by atoms with E-state index in [1.165, 1.54) is 6.07 Å². The fourth-order valence-electron chi connectivity index (χ4n) is 3.26. The second kappa shape index (κ2) is 13.7. The number of benzene rings is 1. The highest BCUT2D eigenvalue weighted by atomic mass is 35.6. The predicted molar refractivity (Wildman–Crippen MR) is 191 cm³/mol. The molecule has 1 rings (SSSR count). The Balaban J connectivity index is 4.88. The summed E-state index contributed by atoms with van der Waals surface area (Å²) in [5.74, 6) is 0. The first-order valence-corrected chi connectivity index (χ1v) is 21.9. The predicted octanol–water partition coefficient (Wildman–Crippen LogP) is 4.49.